The highest BCUT2D eigenvalue weighted by atomic mass is 14.5. The van der Waals surface area contributed by atoms with Crippen LogP contribution in [0, 0.1) is 0 Å². The molecule has 0 radical (unpaired) electrons. The van der Waals surface area contributed by atoms with E-state index in [2.05, 4.69) is 0 Å². The highest BCUT2D eigenvalue weighted by Crippen LogP contribution is 2.11. The smallest absolute Gasteiger partial charge is 0.0626 e. The van der Waals surface area contributed by atoms with Gasteiger partial charge in [0.15, 0.2) is 0 Å². The molecule has 0 fully saturated rings. The molecule has 1 atom stereocenters. The molecule has 1 aromatic carbocycles. The maximum atomic E-state index is 7.95. The van der Waals surface area contributed by atoms with Gasteiger partial charge in [0.25, 0.3) is 0 Å². The molecule has 1 heteroatoms. The molecule has 10 heavy (non-hydrogen) atoms. The van der Waals surface area contributed by atoms with E-state index in [1.54, 1.807) is 0 Å². The molecule has 0 heterocycles. The van der Waals surface area contributed by atoms with Crippen molar-refractivity contribution >= 4 is 0 Å². The molecule has 0 saturated heterocycles. The van der Waals surface area contributed by atoms with Crippen LogP contribution in [0.4, 0.5) is 0 Å². The second-order valence-electron chi connectivity index (χ2n) is 1.68. The van der Waals surface area contributed by atoms with E-state index in [0.29, 0.717) is 0 Å². The molecule has 0 aliphatic carbocycles. The Morgan fingerprint density at radius 3 is 2.90 bits per heavy atom. The molecule has 0 aromatic heterocycles. The van der Waals surface area contributed by atoms with Crippen molar-refractivity contribution in [3.05, 3.63) is 35.8 Å². The van der Waals surface area contributed by atoms with Crippen LogP contribution in [0.25, 0.3) is 0 Å². The summed E-state index contributed by atoms with van der Waals surface area (Å²) >= 11 is 0. The van der Waals surface area contributed by atoms with Crippen LogP contribution < -0.4 is 5.73 Å². The number of benzene rings is 1. The largest absolute Gasteiger partial charge is 0.330 e. The van der Waals surface area contributed by atoms with Crippen LogP contribution in [0.2, 0.25) is 0 Å². The Hall–Kier alpha value is -0.820. The molecule has 1 aromatic rings. The van der Waals surface area contributed by atoms with Gasteiger partial charge < -0.3 is 5.73 Å². The quantitative estimate of drug-likeness (QED) is 0.672. The fraction of sp³-hybridized carbons (Fsp3) is 0.333. The molecular weight excluding hydrogens is 122 g/mol. The molecule has 0 spiro atoms. The molecule has 0 aliphatic rings. The summed E-state index contributed by atoms with van der Waals surface area (Å²) in [6.07, 6.45) is 0. The maximum absolute atomic E-state index is 7.95. The van der Waals surface area contributed by atoms with Crippen molar-refractivity contribution in [2.75, 3.05) is 6.54 Å². The third-order valence-electron chi connectivity index (χ3n) is 1.01. The molecule has 1 unspecified atom stereocenters. The summed E-state index contributed by atoms with van der Waals surface area (Å²) in [6, 6.07) is -3.40. The summed E-state index contributed by atoms with van der Waals surface area (Å²) in [5.41, 5.74) is 4.72. The predicted molar refractivity (Wildman–Crippen MR) is 43.9 cm³/mol. The second-order valence-corrected chi connectivity index (χ2v) is 1.68. The third kappa shape index (κ3) is 1.58. The van der Waals surface area contributed by atoms with Gasteiger partial charge in [0.1, 0.15) is 0 Å². The fourth-order valence-corrected chi connectivity index (χ4v) is 0.503. The number of nitrogens with two attached hydrogens (primary N) is 1. The van der Waals surface area contributed by atoms with Gasteiger partial charge in [-0.15, -0.1) is 0 Å². The van der Waals surface area contributed by atoms with Crippen LogP contribution in [0.3, 0.4) is 0 Å². The first kappa shape index (κ1) is 1.86. The number of rotatable bonds is 2. The summed E-state index contributed by atoms with van der Waals surface area (Å²) in [5.74, 6) is -2.44. The molecule has 2 N–H and O–H groups in total. The van der Waals surface area contributed by atoms with E-state index in [1.807, 2.05) is 0 Å². The van der Waals surface area contributed by atoms with Crippen LogP contribution >= 0.6 is 0 Å². The van der Waals surface area contributed by atoms with Crippen molar-refractivity contribution in [2.45, 2.75) is 12.7 Å². The summed E-state index contributed by atoms with van der Waals surface area (Å²) < 4.78 is 67.7. The summed E-state index contributed by atoms with van der Waals surface area (Å²) in [5, 5.41) is 0. The second kappa shape index (κ2) is 3.37. The summed E-state index contributed by atoms with van der Waals surface area (Å²) in [4.78, 5) is 0. The van der Waals surface area contributed by atoms with Crippen LogP contribution in [-0.2, 0) is 0 Å². The van der Waals surface area contributed by atoms with Gasteiger partial charge in [-0.25, -0.2) is 0 Å². The lowest BCUT2D eigenvalue weighted by Crippen LogP contribution is -2.08. The highest BCUT2D eigenvalue weighted by Gasteiger charge is 1.99. The molecule has 1 nitrogen and oxygen atoms in total. The summed E-state index contributed by atoms with van der Waals surface area (Å²) in [7, 11) is 0. The van der Waals surface area contributed by atoms with Gasteiger partial charge in [-0.3, -0.25) is 0 Å². The Labute approximate surface area is 74.5 Å². The van der Waals surface area contributed by atoms with Gasteiger partial charge >= 0.3 is 0 Å². The van der Waals surface area contributed by atoms with Gasteiger partial charge in [0.05, 0.1) is 6.85 Å². The molecule has 0 saturated carbocycles. The minimum Gasteiger partial charge on any atom is -0.330 e. The Bertz CT molecular complexity index is 480. The van der Waals surface area contributed by atoms with Gasteiger partial charge in [0, 0.05) is 5.48 Å². The van der Waals surface area contributed by atoms with Gasteiger partial charge in [-0.1, -0.05) is 37.1 Å². The molecule has 0 amide bonds. The Morgan fingerprint density at radius 1 is 1.70 bits per heavy atom. The van der Waals surface area contributed by atoms with Crippen molar-refractivity contribution < 1.29 is 12.3 Å². The monoisotopic (exact) mass is 144 g/mol. The van der Waals surface area contributed by atoms with Crippen LogP contribution in [0.5, 0.6) is 0 Å². The van der Waals surface area contributed by atoms with E-state index in [0.717, 1.165) is 0 Å². The molecule has 54 valence electrons. The lowest BCUT2D eigenvalue weighted by atomic mass is 10.0. The van der Waals surface area contributed by atoms with Gasteiger partial charge in [-0.05, 0) is 18.0 Å². The lowest BCUT2D eigenvalue weighted by molar-refractivity contribution is 0.774. The third-order valence-corrected chi connectivity index (χ3v) is 1.01. The Balaban J connectivity index is 3.78. The Kier molecular flexibility index (Phi) is 0.627. The van der Waals surface area contributed by atoms with Crippen molar-refractivity contribution in [1.29, 1.82) is 0 Å². The van der Waals surface area contributed by atoms with E-state index in [1.165, 1.54) is 0 Å². The standard InChI is InChI=1S/C9H13N/c1-8(7-10)9-5-3-2-4-6-9/h2-6,8H,7,10H2,1H3/i1D3,2D,3D,4D,5D,6D,8D. The summed E-state index contributed by atoms with van der Waals surface area (Å²) in [6.45, 7) is -3.59. The highest BCUT2D eigenvalue weighted by molar-refractivity contribution is 5.18. The van der Waals surface area contributed by atoms with Crippen molar-refractivity contribution in [3.8, 4) is 0 Å². The van der Waals surface area contributed by atoms with E-state index in [4.69, 9.17) is 18.1 Å². The van der Waals surface area contributed by atoms with Gasteiger partial charge in [0.2, 0.25) is 0 Å². The van der Waals surface area contributed by atoms with E-state index < -0.39 is 55.1 Å². The lowest BCUT2D eigenvalue weighted by Gasteiger charge is -2.06. The van der Waals surface area contributed by atoms with Crippen molar-refractivity contribution in [2.24, 2.45) is 5.73 Å². The molecule has 1 rings (SSSR count). The zero-order valence-electron chi connectivity index (χ0n) is 14.3. The first-order chi connectivity index (χ1) is 8.49. The van der Waals surface area contributed by atoms with Crippen LogP contribution in [-0.4, -0.2) is 6.54 Å². The average molecular weight is 144 g/mol. The molecule has 0 aliphatic heterocycles. The average Bonchev–Trinajstić information content (AvgIpc) is 2.32. The van der Waals surface area contributed by atoms with E-state index >= 15 is 0 Å². The zero-order chi connectivity index (χ0) is 15.2. The maximum Gasteiger partial charge on any atom is 0.0626 e. The van der Waals surface area contributed by atoms with E-state index in [9.17, 15) is 0 Å². The first-order valence-electron chi connectivity index (χ1n) is 7.26. The minimum atomic E-state index is -2.91. The zero-order valence-corrected chi connectivity index (χ0v) is 5.28. The molecular formula is C9H13N. The molecule has 0 bridgehead atoms. The van der Waals surface area contributed by atoms with Crippen LogP contribution in [0.1, 0.15) is 30.6 Å². The van der Waals surface area contributed by atoms with Crippen molar-refractivity contribution in [3.63, 3.8) is 0 Å². The number of hydrogen-bond acceptors (Lipinski definition) is 1. The van der Waals surface area contributed by atoms with Crippen LogP contribution in [0.15, 0.2) is 30.2 Å². The first-order valence-corrected chi connectivity index (χ1v) is 2.76. The van der Waals surface area contributed by atoms with Gasteiger partial charge in [-0.2, -0.15) is 0 Å². The minimum absolute atomic E-state index is 0.596. The SMILES string of the molecule is [2H]c1c([2H])c([2H])c(C([2H])(CN)C([2H])([2H])[2H])c([2H])c1[2H]. The normalized spacial score (nSPS) is 30.3. The Morgan fingerprint density at radius 2 is 2.40 bits per heavy atom. The fourth-order valence-electron chi connectivity index (χ4n) is 0.503. The van der Waals surface area contributed by atoms with E-state index in [-0.39, 0.29) is 0 Å². The topological polar surface area (TPSA) is 26.0 Å². The predicted octanol–water partition coefficient (Wildman–Crippen LogP) is 1.75. The van der Waals surface area contributed by atoms with Crippen molar-refractivity contribution in [1.82, 2.24) is 0 Å². The number of hydrogen-bond donors (Lipinski definition) is 1.